The van der Waals surface area contributed by atoms with Crippen LogP contribution in [0.4, 0.5) is 0 Å². The molecule has 0 bridgehead atoms. The predicted molar refractivity (Wildman–Crippen MR) is 65.7 cm³/mol. The molecule has 0 heterocycles. The summed E-state index contributed by atoms with van der Waals surface area (Å²) in [7, 11) is -1.93. The van der Waals surface area contributed by atoms with Gasteiger partial charge < -0.3 is 14.2 Å². The number of ether oxygens (including phenoxy) is 3. The summed E-state index contributed by atoms with van der Waals surface area (Å²) in [6.07, 6.45) is 0.340. The third kappa shape index (κ3) is 11.9. The number of nitrogens with one attached hydrogen (secondary N) is 1. The molecule has 0 saturated heterocycles. The first-order valence-electron chi connectivity index (χ1n) is 5.59. The van der Waals surface area contributed by atoms with Gasteiger partial charge in [-0.05, 0) is 6.92 Å². The van der Waals surface area contributed by atoms with Crippen LogP contribution in [0.3, 0.4) is 0 Å². The molecule has 108 valence electrons. The average Bonchev–Trinajstić information content (AvgIpc) is 2.29. The number of Topliss-reactive ketones (excluding diaryl/α,β-unsaturated/α-hetero) is 1. The number of carbonyl (C=O) groups excluding carboxylic acids is 1. The lowest BCUT2D eigenvalue weighted by Gasteiger charge is -2.07. The van der Waals surface area contributed by atoms with E-state index in [1.165, 1.54) is 14.0 Å². The summed E-state index contributed by atoms with van der Waals surface area (Å²) in [5, 5.41) is 0. The lowest BCUT2D eigenvalue weighted by molar-refractivity contribution is -0.118. The highest BCUT2D eigenvalue weighted by Crippen LogP contribution is 1.88. The molecule has 0 rings (SSSR count). The maximum Gasteiger partial charge on any atom is 0.235 e. The highest BCUT2D eigenvalue weighted by Gasteiger charge is 2.09. The Kier molecular flexibility index (Phi) is 10.1. The van der Waals surface area contributed by atoms with E-state index in [4.69, 9.17) is 14.2 Å². The Morgan fingerprint density at radius 1 is 1.11 bits per heavy atom. The first-order chi connectivity index (χ1) is 8.48. The molecular weight excluding hydrogens is 262 g/mol. The van der Waals surface area contributed by atoms with Crippen molar-refractivity contribution in [2.45, 2.75) is 13.3 Å². The van der Waals surface area contributed by atoms with Gasteiger partial charge in [-0.3, -0.25) is 4.79 Å². The fourth-order valence-electron chi connectivity index (χ4n) is 0.940. The van der Waals surface area contributed by atoms with Gasteiger partial charge in [0.25, 0.3) is 0 Å². The van der Waals surface area contributed by atoms with E-state index in [1.54, 1.807) is 0 Å². The molecule has 7 nitrogen and oxygen atoms in total. The normalized spacial score (nSPS) is 11.7. The number of sulfonamides is 1. The largest absolute Gasteiger partial charge is 0.382 e. The van der Waals surface area contributed by atoms with Crippen molar-refractivity contribution in [3.8, 4) is 0 Å². The molecule has 8 heteroatoms. The molecule has 0 atom stereocenters. The highest BCUT2D eigenvalue weighted by atomic mass is 32.2. The number of rotatable bonds is 12. The predicted octanol–water partition coefficient (Wildman–Crippen LogP) is -0.478. The van der Waals surface area contributed by atoms with Gasteiger partial charge >= 0.3 is 0 Å². The van der Waals surface area contributed by atoms with Crippen molar-refractivity contribution < 1.29 is 27.4 Å². The molecule has 0 aliphatic rings. The molecule has 0 aliphatic carbocycles. The van der Waals surface area contributed by atoms with E-state index in [9.17, 15) is 13.2 Å². The smallest absolute Gasteiger partial charge is 0.235 e. The molecular formula is C10H21NO6S. The van der Waals surface area contributed by atoms with Gasteiger partial charge in [-0.25, -0.2) is 13.1 Å². The summed E-state index contributed by atoms with van der Waals surface area (Å²) >= 11 is 0. The Bertz CT molecular complexity index is 316. The maximum absolute atomic E-state index is 11.3. The van der Waals surface area contributed by atoms with Crippen LogP contribution in [-0.2, 0) is 29.0 Å². The molecule has 0 amide bonds. The number of hydrogen-bond acceptors (Lipinski definition) is 6. The van der Waals surface area contributed by atoms with E-state index in [-0.39, 0.29) is 25.5 Å². The fraction of sp³-hybridized carbons (Fsp3) is 0.900. The Morgan fingerprint density at radius 2 is 1.83 bits per heavy atom. The zero-order valence-electron chi connectivity index (χ0n) is 10.8. The molecule has 1 N–H and O–H groups in total. The summed E-state index contributed by atoms with van der Waals surface area (Å²) in [6.45, 7) is 2.75. The Labute approximate surface area is 108 Å². The summed E-state index contributed by atoms with van der Waals surface area (Å²) in [4.78, 5) is 10.6. The van der Waals surface area contributed by atoms with Crippen LogP contribution in [0.25, 0.3) is 0 Å². The standard InChI is InChI=1S/C10H21NO6S/c1-10(12)3-5-16-6-4-11-18(13,14)9-17-8-7-15-2/h11H,3-9H2,1-2H3. The number of methoxy groups -OCH3 is 1. The summed E-state index contributed by atoms with van der Waals surface area (Å²) in [5.74, 6) is -0.355. The third-order valence-corrected chi connectivity index (χ3v) is 2.96. The van der Waals surface area contributed by atoms with Gasteiger partial charge in [0.2, 0.25) is 10.0 Å². The zero-order chi connectivity index (χ0) is 13.9. The summed E-state index contributed by atoms with van der Waals surface area (Å²) < 4.78 is 39.7. The molecule has 0 radical (unpaired) electrons. The van der Waals surface area contributed by atoms with E-state index in [2.05, 4.69) is 4.72 Å². The van der Waals surface area contributed by atoms with Gasteiger partial charge in [0.1, 0.15) is 5.78 Å². The topological polar surface area (TPSA) is 90.9 Å². The van der Waals surface area contributed by atoms with E-state index in [0.717, 1.165) is 0 Å². The van der Waals surface area contributed by atoms with Crippen LogP contribution in [-0.4, -0.2) is 60.2 Å². The number of hydrogen-bond donors (Lipinski definition) is 1. The van der Waals surface area contributed by atoms with E-state index >= 15 is 0 Å². The zero-order valence-corrected chi connectivity index (χ0v) is 11.6. The van der Waals surface area contributed by atoms with Crippen molar-refractivity contribution in [3.05, 3.63) is 0 Å². The Balaban J connectivity index is 3.49. The average molecular weight is 283 g/mol. The molecule has 18 heavy (non-hydrogen) atoms. The van der Waals surface area contributed by atoms with E-state index in [0.29, 0.717) is 19.6 Å². The first-order valence-corrected chi connectivity index (χ1v) is 7.24. The monoisotopic (exact) mass is 283 g/mol. The van der Waals surface area contributed by atoms with Gasteiger partial charge in [-0.15, -0.1) is 0 Å². The fourth-order valence-corrected chi connectivity index (χ4v) is 1.75. The molecule has 0 unspecified atom stereocenters. The van der Waals surface area contributed by atoms with Gasteiger partial charge in [-0.1, -0.05) is 0 Å². The van der Waals surface area contributed by atoms with Crippen molar-refractivity contribution in [2.75, 3.05) is 46.0 Å². The van der Waals surface area contributed by atoms with Crippen LogP contribution in [0, 0.1) is 0 Å². The molecule has 0 fully saturated rings. The van der Waals surface area contributed by atoms with Crippen LogP contribution in [0.15, 0.2) is 0 Å². The minimum Gasteiger partial charge on any atom is -0.382 e. The van der Waals surface area contributed by atoms with Crippen molar-refractivity contribution in [2.24, 2.45) is 0 Å². The molecule has 0 aromatic carbocycles. The van der Waals surface area contributed by atoms with Crippen molar-refractivity contribution >= 4 is 15.8 Å². The van der Waals surface area contributed by atoms with Gasteiger partial charge in [0.05, 0.1) is 26.4 Å². The molecule has 0 saturated carbocycles. The van der Waals surface area contributed by atoms with E-state index < -0.39 is 16.0 Å². The molecule has 0 aromatic heterocycles. The van der Waals surface area contributed by atoms with Crippen LogP contribution in [0.1, 0.15) is 13.3 Å². The minimum absolute atomic E-state index is 0.0436. The van der Waals surface area contributed by atoms with Crippen LogP contribution < -0.4 is 4.72 Å². The second-order valence-corrected chi connectivity index (χ2v) is 5.35. The molecule has 0 spiro atoms. The van der Waals surface area contributed by atoms with Crippen LogP contribution in [0.2, 0.25) is 0 Å². The highest BCUT2D eigenvalue weighted by molar-refractivity contribution is 7.89. The Morgan fingerprint density at radius 3 is 2.44 bits per heavy atom. The third-order valence-electron chi connectivity index (χ3n) is 1.84. The SMILES string of the molecule is COCCOCS(=O)(=O)NCCOCCC(C)=O. The van der Waals surface area contributed by atoms with Gasteiger partial charge in [0.15, 0.2) is 5.94 Å². The van der Waals surface area contributed by atoms with Gasteiger partial charge in [0, 0.05) is 20.1 Å². The van der Waals surface area contributed by atoms with Crippen molar-refractivity contribution in [1.29, 1.82) is 0 Å². The second kappa shape index (κ2) is 10.4. The van der Waals surface area contributed by atoms with Crippen LogP contribution in [0.5, 0.6) is 0 Å². The number of carbonyl (C=O) groups is 1. The number of ketones is 1. The van der Waals surface area contributed by atoms with E-state index in [1.807, 2.05) is 0 Å². The minimum atomic E-state index is -3.44. The second-order valence-electron chi connectivity index (χ2n) is 3.59. The van der Waals surface area contributed by atoms with Crippen molar-refractivity contribution in [3.63, 3.8) is 0 Å². The Hall–Kier alpha value is -0.540. The lowest BCUT2D eigenvalue weighted by atomic mass is 10.3. The first kappa shape index (κ1) is 17.5. The molecule has 0 aliphatic heterocycles. The van der Waals surface area contributed by atoms with Crippen LogP contribution >= 0.6 is 0 Å². The lowest BCUT2D eigenvalue weighted by Crippen LogP contribution is -2.31. The molecule has 0 aromatic rings. The summed E-state index contributed by atoms with van der Waals surface area (Å²) in [5.41, 5.74) is 0. The quantitative estimate of drug-likeness (QED) is 0.487. The maximum atomic E-state index is 11.3. The van der Waals surface area contributed by atoms with Gasteiger partial charge in [-0.2, -0.15) is 0 Å². The summed E-state index contributed by atoms with van der Waals surface area (Å²) in [6, 6.07) is 0. The van der Waals surface area contributed by atoms with Crippen molar-refractivity contribution in [1.82, 2.24) is 4.72 Å².